The Morgan fingerprint density at radius 3 is 1.75 bits per heavy atom. The number of benzene rings is 3. The normalized spacial score (nSPS) is 11.5. The average Bonchev–Trinajstić information content (AvgIpc) is 2.60. The van der Waals surface area contributed by atoms with E-state index in [0.29, 0.717) is 0 Å². The van der Waals surface area contributed by atoms with Crippen molar-refractivity contribution in [2.75, 3.05) is 5.73 Å². The van der Waals surface area contributed by atoms with Gasteiger partial charge < -0.3 is 10.8 Å². The van der Waals surface area contributed by atoms with Gasteiger partial charge in [-0.3, -0.25) is 13.9 Å². The molecular weight excluding hydrogens is 410 g/mol. The van der Waals surface area contributed by atoms with Gasteiger partial charge in [0.05, 0.1) is 9.79 Å². The highest BCUT2D eigenvalue weighted by Crippen LogP contribution is 2.34. The Hall–Kier alpha value is -2.99. The summed E-state index contributed by atoms with van der Waals surface area (Å²) in [6.07, 6.45) is 0.833. The van der Waals surface area contributed by atoms with Gasteiger partial charge in [-0.1, -0.05) is 30.3 Å². The maximum absolute atomic E-state index is 11.1. The van der Waals surface area contributed by atoms with Crippen LogP contribution in [0, 0.1) is 0 Å². The number of nitrogens with two attached hydrogens (primary N) is 1. The minimum Gasteiger partial charge on any atom is -0.507 e. The monoisotopic (exact) mass is 425 g/mol. The molecule has 0 aliphatic rings. The van der Waals surface area contributed by atoms with Gasteiger partial charge in [-0.05, 0) is 23.6 Å². The van der Waals surface area contributed by atoms with E-state index in [-0.39, 0.29) is 16.5 Å². The first kappa shape index (κ1) is 21.3. The molecule has 3 aromatic carbocycles. The van der Waals surface area contributed by atoms with Crippen molar-refractivity contribution in [1.29, 1.82) is 0 Å². The van der Waals surface area contributed by atoms with Crippen LogP contribution in [0.2, 0.25) is 0 Å². The highest BCUT2D eigenvalue weighted by molar-refractivity contribution is 7.86. The topological polar surface area (TPSA) is 172 Å². The van der Waals surface area contributed by atoms with E-state index in [1.165, 1.54) is 0 Å². The molecule has 0 heterocycles. The van der Waals surface area contributed by atoms with E-state index in [1.807, 2.05) is 18.2 Å². The fourth-order valence-electron chi connectivity index (χ4n) is 2.30. The van der Waals surface area contributed by atoms with Crippen LogP contribution in [0.4, 0.5) is 5.69 Å². The molecule has 0 radical (unpaired) electrons. The van der Waals surface area contributed by atoms with Crippen LogP contribution < -0.4 is 5.73 Å². The van der Waals surface area contributed by atoms with Crippen LogP contribution in [-0.2, 0) is 20.2 Å². The summed E-state index contributed by atoms with van der Waals surface area (Å²) in [5.74, 6) is -0.547. The highest BCUT2D eigenvalue weighted by Gasteiger charge is 2.18. The van der Waals surface area contributed by atoms with Gasteiger partial charge in [-0.25, -0.2) is 0 Å². The van der Waals surface area contributed by atoms with E-state index in [0.717, 1.165) is 36.1 Å². The fourth-order valence-corrected chi connectivity index (χ4v) is 3.39. The number of aldehydes is 1. The van der Waals surface area contributed by atoms with Gasteiger partial charge in [-0.2, -0.15) is 16.8 Å². The summed E-state index contributed by atoms with van der Waals surface area (Å²) in [5.41, 5.74) is 6.12. The minimum absolute atomic E-state index is 0.00444. The van der Waals surface area contributed by atoms with E-state index < -0.39 is 35.8 Å². The first-order valence-electron chi connectivity index (χ1n) is 7.45. The lowest BCUT2D eigenvalue weighted by atomic mass is 10.1. The second-order valence-electron chi connectivity index (χ2n) is 5.53. The zero-order chi connectivity index (χ0) is 21.1. The van der Waals surface area contributed by atoms with Crippen LogP contribution in [0.5, 0.6) is 5.75 Å². The van der Waals surface area contributed by atoms with Crippen LogP contribution >= 0.6 is 0 Å². The van der Waals surface area contributed by atoms with Crippen molar-refractivity contribution in [3.63, 3.8) is 0 Å². The predicted octanol–water partition coefficient (Wildman–Crippen LogP) is 2.12. The molecule has 148 valence electrons. The molecule has 0 atom stereocenters. The lowest BCUT2D eigenvalue weighted by molar-refractivity contribution is 0.112. The number of anilines is 1. The summed E-state index contributed by atoms with van der Waals surface area (Å²) >= 11 is 0. The number of nitrogen functional groups attached to an aromatic ring is 1. The molecule has 3 rings (SSSR count). The van der Waals surface area contributed by atoms with Gasteiger partial charge in [0.1, 0.15) is 12.0 Å². The SMILES string of the molecule is Nc1cc(S(=O)(=O)O)cc2cc(S(=O)(=O)O)cc(O)c12.O=Cc1ccccc1. The molecule has 3 aromatic rings. The summed E-state index contributed by atoms with van der Waals surface area (Å²) < 4.78 is 62.1. The van der Waals surface area contributed by atoms with E-state index in [9.17, 15) is 26.7 Å². The van der Waals surface area contributed by atoms with Crippen molar-refractivity contribution in [1.82, 2.24) is 0 Å². The molecule has 11 heteroatoms. The highest BCUT2D eigenvalue weighted by atomic mass is 32.2. The van der Waals surface area contributed by atoms with Gasteiger partial charge in [0.15, 0.2) is 0 Å². The number of carbonyl (C=O) groups is 1. The zero-order valence-corrected chi connectivity index (χ0v) is 15.7. The summed E-state index contributed by atoms with van der Waals surface area (Å²) in [7, 11) is -9.14. The van der Waals surface area contributed by atoms with Crippen LogP contribution in [0.1, 0.15) is 10.4 Å². The standard InChI is InChI=1S/C10H9NO7S2.C7H6O/c11-8-3-6(19(13,14)15)1-5-2-7(20(16,17)18)4-9(12)10(5)8;8-6-7-4-2-1-3-5-7/h1-4,12H,11H2,(H,13,14,15)(H,16,17,18);1-6H. The third-order valence-electron chi connectivity index (χ3n) is 3.54. The van der Waals surface area contributed by atoms with Gasteiger partial charge >= 0.3 is 0 Å². The summed E-state index contributed by atoms with van der Waals surface area (Å²) in [6, 6.07) is 12.6. The number of phenols is 1. The van der Waals surface area contributed by atoms with E-state index in [4.69, 9.17) is 14.8 Å². The third kappa shape index (κ3) is 5.04. The van der Waals surface area contributed by atoms with E-state index in [1.54, 1.807) is 12.1 Å². The van der Waals surface area contributed by atoms with Crippen LogP contribution in [0.3, 0.4) is 0 Å². The van der Waals surface area contributed by atoms with Crippen LogP contribution in [-0.4, -0.2) is 37.3 Å². The lowest BCUT2D eigenvalue weighted by Crippen LogP contribution is -2.02. The maximum Gasteiger partial charge on any atom is 0.294 e. The molecule has 0 spiro atoms. The molecule has 0 aliphatic carbocycles. The Bertz CT molecular complexity index is 1160. The zero-order valence-electron chi connectivity index (χ0n) is 14.1. The first-order chi connectivity index (χ1) is 12.9. The van der Waals surface area contributed by atoms with Crippen molar-refractivity contribution in [2.24, 2.45) is 0 Å². The van der Waals surface area contributed by atoms with Crippen LogP contribution in [0.25, 0.3) is 10.8 Å². The second kappa shape index (κ2) is 7.94. The molecular formula is C17H15NO8S2. The fraction of sp³-hybridized carbons (Fsp3) is 0. The number of carbonyl (C=O) groups excluding carboxylic acids is 1. The number of fused-ring (bicyclic) bond motifs is 1. The number of phenolic OH excluding ortho intramolecular Hbond substituents is 1. The summed E-state index contributed by atoms with van der Waals surface area (Å²) in [6.45, 7) is 0. The molecule has 9 nitrogen and oxygen atoms in total. The van der Waals surface area contributed by atoms with Crippen molar-refractivity contribution in [3.05, 3.63) is 60.2 Å². The van der Waals surface area contributed by atoms with Crippen molar-refractivity contribution >= 4 is 43.0 Å². The maximum atomic E-state index is 11.1. The van der Waals surface area contributed by atoms with E-state index in [2.05, 4.69) is 0 Å². The molecule has 0 saturated heterocycles. The third-order valence-corrected chi connectivity index (χ3v) is 5.20. The molecule has 0 amide bonds. The van der Waals surface area contributed by atoms with Crippen molar-refractivity contribution in [2.45, 2.75) is 9.79 Å². The quantitative estimate of drug-likeness (QED) is 0.278. The average molecular weight is 425 g/mol. The lowest BCUT2D eigenvalue weighted by Gasteiger charge is -2.08. The molecule has 28 heavy (non-hydrogen) atoms. The molecule has 0 fully saturated rings. The Labute approximate surface area is 160 Å². The summed E-state index contributed by atoms with van der Waals surface area (Å²) in [4.78, 5) is 8.82. The van der Waals surface area contributed by atoms with Gasteiger partial charge in [-0.15, -0.1) is 0 Å². The Kier molecular flexibility index (Phi) is 6.04. The second-order valence-corrected chi connectivity index (χ2v) is 8.37. The molecule has 5 N–H and O–H groups in total. The van der Waals surface area contributed by atoms with Crippen molar-refractivity contribution in [3.8, 4) is 5.75 Å². The summed E-state index contributed by atoms with van der Waals surface area (Å²) in [5, 5.41) is 9.66. The smallest absolute Gasteiger partial charge is 0.294 e. The Morgan fingerprint density at radius 1 is 0.821 bits per heavy atom. The van der Waals surface area contributed by atoms with Crippen LogP contribution in [0.15, 0.2) is 64.4 Å². The largest absolute Gasteiger partial charge is 0.507 e. The van der Waals surface area contributed by atoms with Gasteiger partial charge in [0.25, 0.3) is 20.2 Å². The number of hydrogen-bond acceptors (Lipinski definition) is 7. The predicted molar refractivity (Wildman–Crippen MR) is 101 cm³/mol. The molecule has 0 saturated carbocycles. The molecule has 0 aromatic heterocycles. The van der Waals surface area contributed by atoms with Gasteiger partial charge in [0.2, 0.25) is 0 Å². The first-order valence-corrected chi connectivity index (χ1v) is 10.3. The number of aromatic hydroxyl groups is 1. The molecule has 0 bridgehead atoms. The molecule has 0 unspecified atom stereocenters. The number of rotatable bonds is 3. The Balaban J connectivity index is 0.000000292. The minimum atomic E-state index is -4.59. The number of hydrogen-bond donors (Lipinski definition) is 4. The van der Waals surface area contributed by atoms with Crippen molar-refractivity contribution < 1.29 is 35.8 Å². The van der Waals surface area contributed by atoms with Gasteiger partial charge in [0, 0.05) is 22.7 Å². The Morgan fingerprint density at radius 2 is 1.32 bits per heavy atom. The molecule has 0 aliphatic heterocycles. The van der Waals surface area contributed by atoms with E-state index >= 15 is 0 Å².